The Labute approximate surface area is 126 Å². The lowest BCUT2D eigenvalue weighted by Gasteiger charge is -2.39. The van der Waals surface area contributed by atoms with Crippen molar-refractivity contribution in [2.75, 3.05) is 13.2 Å². The fraction of sp³-hybridized carbons (Fsp3) is 0.588. The minimum atomic E-state index is -0.466. The van der Waals surface area contributed by atoms with Crippen molar-refractivity contribution in [3.05, 3.63) is 35.9 Å². The van der Waals surface area contributed by atoms with Gasteiger partial charge in [0.15, 0.2) is 0 Å². The summed E-state index contributed by atoms with van der Waals surface area (Å²) in [6.07, 6.45) is 3.75. The van der Waals surface area contributed by atoms with Crippen LogP contribution < -0.4 is 11.1 Å². The Morgan fingerprint density at radius 2 is 2.00 bits per heavy atom. The van der Waals surface area contributed by atoms with Gasteiger partial charge in [0.1, 0.15) is 0 Å². The summed E-state index contributed by atoms with van der Waals surface area (Å²) in [5, 5.41) is 12.8. The second-order valence-electron chi connectivity index (χ2n) is 6.31. The van der Waals surface area contributed by atoms with Gasteiger partial charge in [-0.2, -0.15) is 0 Å². The van der Waals surface area contributed by atoms with E-state index in [0.717, 1.165) is 31.2 Å². The standard InChI is InChI=1S/C17H26N2O2/c1-13-7-9-17(12-20,10-8-13)19-16(21)15(11-18)14-5-3-2-4-6-14/h2-6,13,15,20H,7-12,18H2,1H3,(H,19,21). The first kappa shape index (κ1) is 16.0. The Morgan fingerprint density at radius 1 is 1.38 bits per heavy atom. The van der Waals surface area contributed by atoms with E-state index in [-0.39, 0.29) is 25.0 Å². The Balaban J connectivity index is 2.08. The van der Waals surface area contributed by atoms with E-state index < -0.39 is 5.54 Å². The van der Waals surface area contributed by atoms with Gasteiger partial charge in [-0.15, -0.1) is 0 Å². The van der Waals surface area contributed by atoms with Crippen LogP contribution in [0.2, 0.25) is 0 Å². The van der Waals surface area contributed by atoms with Gasteiger partial charge in [-0.3, -0.25) is 4.79 Å². The maximum absolute atomic E-state index is 12.6. The average molecular weight is 290 g/mol. The van der Waals surface area contributed by atoms with E-state index in [1.165, 1.54) is 0 Å². The van der Waals surface area contributed by atoms with E-state index in [4.69, 9.17) is 5.73 Å². The molecule has 0 heterocycles. The van der Waals surface area contributed by atoms with E-state index in [9.17, 15) is 9.90 Å². The molecule has 1 atom stereocenters. The van der Waals surface area contributed by atoms with Crippen molar-refractivity contribution in [3.8, 4) is 0 Å². The number of aliphatic hydroxyl groups is 1. The number of carbonyl (C=O) groups is 1. The molecule has 4 heteroatoms. The van der Waals surface area contributed by atoms with Crippen LogP contribution in [0.15, 0.2) is 30.3 Å². The molecule has 1 aliphatic carbocycles. The van der Waals surface area contributed by atoms with Crippen molar-refractivity contribution in [1.29, 1.82) is 0 Å². The molecule has 1 unspecified atom stereocenters. The number of carbonyl (C=O) groups excluding carboxylic acids is 1. The summed E-state index contributed by atoms with van der Waals surface area (Å²) >= 11 is 0. The predicted molar refractivity (Wildman–Crippen MR) is 83.8 cm³/mol. The Morgan fingerprint density at radius 3 is 2.52 bits per heavy atom. The molecule has 116 valence electrons. The number of rotatable bonds is 5. The number of aliphatic hydroxyl groups excluding tert-OH is 1. The molecule has 1 amide bonds. The summed E-state index contributed by atoms with van der Waals surface area (Å²) < 4.78 is 0. The second kappa shape index (κ2) is 7.05. The number of amides is 1. The molecule has 4 N–H and O–H groups in total. The molecule has 0 bridgehead atoms. The van der Waals surface area contributed by atoms with Gasteiger partial charge in [0.2, 0.25) is 5.91 Å². The van der Waals surface area contributed by atoms with Crippen LogP contribution in [0.5, 0.6) is 0 Å². The van der Waals surface area contributed by atoms with Gasteiger partial charge in [0.25, 0.3) is 0 Å². The van der Waals surface area contributed by atoms with Gasteiger partial charge in [0, 0.05) is 6.54 Å². The van der Waals surface area contributed by atoms with Gasteiger partial charge in [-0.05, 0) is 37.2 Å². The molecule has 2 rings (SSSR count). The molecule has 0 aliphatic heterocycles. The van der Waals surface area contributed by atoms with Crippen molar-refractivity contribution in [2.24, 2.45) is 11.7 Å². The molecular formula is C17H26N2O2. The van der Waals surface area contributed by atoms with Gasteiger partial charge >= 0.3 is 0 Å². The Kier molecular flexibility index (Phi) is 5.37. The first-order valence-electron chi connectivity index (χ1n) is 7.78. The highest BCUT2D eigenvalue weighted by molar-refractivity contribution is 5.84. The first-order chi connectivity index (χ1) is 10.1. The van der Waals surface area contributed by atoms with Gasteiger partial charge in [-0.25, -0.2) is 0 Å². The molecule has 0 radical (unpaired) electrons. The summed E-state index contributed by atoms with van der Waals surface area (Å²) in [5.41, 5.74) is 6.25. The SMILES string of the molecule is CC1CCC(CO)(NC(=O)C(CN)c2ccccc2)CC1. The zero-order chi connectivity index (χ0) is 15.3. The second-order valence-corrected chi connectivity index (χ2v) is 6.31. The summed E-state index contributed by atoms with van der Waals surface area (Å²) in [5.74, 6) is 0.238. The molecule has 21 heavy (non-hydrogen) atoms. The Hall–Kier alpha value is -1.39. The highest BCUT2D eigenvalue weighted by atomic mass is 16.3. The minimum Gasteiger partial charge on any atom is -0.394 e. The van der Waals surface area contributed by atoms with E-state index in [2.05, 4.69) is 12.2 Å². The lowest BCUT2D eigenvalue weighted by molar-refractivity contribution is -0.125. The van der Waals surface area contributed by atoms with Crippen molar-refractivity contribution >= 4 is 5.91 Å². The topological polar surface area (TPSA) is 75.3 Å². The third kappa shape index (κ3) is 3.83. The zero-order valence-corrected chi connectivity index (χ0v) is 12.7. The van der Waals surface area contributed by atoms with Crippen molar-refractivity contribution in [1.82, 2.24) is 5.32 Å². The molecule has 1 aromatic rings. The van der Waals surface area contributed by atoms with Crippen molar-refractivity contribution in [2.45, 2.75) is 44.1 Å². The van der Waals surface area contributed by atoms with E-state index in [1.54, 1.807) is 0 Å². The molecule has 1 aliphatic rings. The van der Waals surface area contributed by atoms with Crippen LogP contribution in [0, 0.1) is 5.92 Å². The fourth-order valence-electron chi connectivity index (χ4n) is 3.07. The molecule has 0 aromatic heterocycles. The number of benzene rings is 1. The maximum Gasteiger partial charge on any atom is 0.229 e. The first-order valence-corrected chi connectivity index (χ1v) is 7.78. The molecule has 1 fully saturated rings. The Bertz CT molecular complexity index is 453. The van der Waals surface area contributed by atoms with Crippen LogP contribution in [0.1, 0.15) is 44.1 Å². The lowest BCUT2D eigenvalue weighted by Crippen LogP contribution is -2.55. The number of nitrogens with two attached hydrogens (primary N) is 1. The van der Waals surface area contributed by atoms with Gasteiger partial charge in [0.05, 0.1) is 18.1 Å². The van der Waals surface area contributed by atoms with Crippen LogP contribution in [0.25, 0.3) is 0 Å². The quantitative estimate of drug-likeness (QED) is 0.774. The third-order valence-corrected chi connectivity index (χ3v) is 4.68. The van der Waals surface area contributed by atoms with Gasteiger partial charge < -0.3 is 16.2 Å². The monoisotopic (exact) mass is 290 g/mol. The number of nitrogens with one attached hydrogen (secondary N) is 1. The third-order valence-electron chi connectivity index (χ3n) is 4.68. The van der Waals surface area contributed by atoms with E-state index >= 15 is 0 Å². The molecule has 0 saturated heterocycles. The molecular weight excluding hydrogens is 264 g/mol. The van der Waals surface area contributed by atoms with Gasteiger partial charge in [-0.1, -0.05) is 37.3 Å². The maximum atomic E-state index is 12.6. The summed E-state index contributed by atoms with van der Waals surface area (Å²) in [4.78, 5) is 12.6. The van der Waals surface area contributed by atoms with E-state index in [1.807, 2.05) is 30.3 Å². The smallest absolute Gasteiger partial charge is 0.229 e. The minimum absolute atomic E-state index is 0.00244. The van der Waals surface area contributed by atoms with Crippen LogP contribution >= 0.6 is 0 Å². The van der Waals surface area contributed by atoms with Crippen LogP contribution in [-0.4, -0.2) is 29.7 Å². The summed E-state index contributed by atoms with van der Waals surface area (Å²) in [7, 11) is 0. The van der Waals surface area contributed by atoms with Crippen molar-refractivity contribution in [3.63, 3.8) is 0 Å². The van der Waals surface area contributed by atoms with E-state index in [0.29, 0.717) is 5.92 Å². The molecule has 1 saturated carbocycles. The lowest BCUT2D eigenvalue weighted by atomic mass is 9.77. The predicted octanol–water partition coefficient (Wildman–Crippen LogP) is 1.79. The molecule has 4 nitrogen and oxygen atoms in total. The van der Waals surface area contributed by atoms with Crippen LogP contribution in [0.3, 0.4) is 0 Å². The fourth-order valence-corrected chi connectivity index (χ4v) is 3.07. The molecule has 1 aromatic carbocycles. The van der Waals surface area contributed by atoms with Crippen LogP contribution in [-0.2, 0) is 4.79 Å². The highest BCUT2D eigenvalue weighted by Gasteiger charge is 2.36. The number of hydrogen-bond donors (Lipinski definition) is 3. The highest BCUT2D eigenvalue weighted by Crippen LogP contribution is 2.32. The number of hydrogen-bond acceptors (Lipinski definition) is 3. The van der Waals surface area contributed by atoms with Crippen LogP contribution in [0.4, 0.5) is 0 Å². The molecule has 0 spiro atoms. The normalized spacial score (nSPS) is 27.1. The van der Waals surface area contributed by atoms with Crippen molar-refractivity contribution < 1.29 is 9.90 Å². The summed E-state index contributed by atoms with van der Waals surface area (Å²) in [6, 6.07) is 9.59. The largest absolute Gasteiger partial charge is 0.394 e. The summed E-state index contributed by atoms with van der Waals surface area (Å²) in [6.45, 7) is 2.49. The average Bonchev–Trinajstić information content (AvgIpc) is 2.52. The zero-order valence-electron chi connectivity index (χ0n) is 12.7.